The summed E-state index contributed by atoms with van der Waals surface area (Å²) < 4.78 is 26.4. The predicted octanol–water partition coefficient (Wildman–Crippen LogP) is 2.01. The Morgan fingerprint density at radius 2 is 1.81 bits per heavy atom. The summed E-state index contributed by atoms with van der Waals surface area (Å²) in [5.41, 5.74) is 7.94. The Morgan fingerprint density at radius 1 is 1.05 bits per heavy atom. The van der Waals surface area contributed by atoms with Gasteiger partial charge in [0.05, 0.1) is 12.2 Å². The second-order valence-corrected chi connectivity index (χ2v) is 6.65. The van der Waals surface area contributed by atoms with E-state index in [-0.39, 0.29) is 11.4 Å². The summed E-state index contributed by atoms with van der Waals surface area (Å²) >= 11 is 0. The van der Waals surface area contributed by atoms with Gasteiger partial charge in [-0.25, -0.2) is 13.4 Å². The van der Waals surface area contributed by atoms with Gasteiger partial charge in [-0.05, 0) is 23.3 Å². The van der Waals surface area contributed by atoms with Gasteiger partial charge >= 0.3 is 0 Å². The molecule has 1 heterocycles. The Kier molecular flexibility index (Phi) is 3.48. The van der Waals surface area contributed by atoms with E-state index in [2.05, 4.69) is 4.99 Å². The lowest BCUT2D eigenvalue weighted by atomic mass is 10.1. The van der Waals surface area contributed by atoms with Crippen LogP contribution in [0.1, 0.15) is 11.1 Å². The molecule has 0 bridgehead atoms. The Labute approximate surface area is 123 Å². The van der Waals surface area contributed by atoms with Gasteiger partial charge in [0, 0.05) is 6.54 Å². The van der Waals surface area contributed by atoms with Crippen molar-refractivity contribution in [1.82, 2.24) is 4.31 Å². The molecule has 6 heteroatoms. The molecule has 0 fully saturated rings. The van der Waals surface area contributed by atoms with Gasteiger partial charge in [0.25, 0.3) is 10.0 Å². The van der Waals surface area contributed by atoms with Crippen LogP contribution in [0, 0.1) is 0 Å². The highest BCUT2D eigenvalue weighted by atomic mass is 32.2. The molecular weight excluding hydrogens is 286 g/mol. The molecule has 0 atom stereocenters. The maximum atomic E-state index is 12.6. The lowest BCUT2D eigenvalue weighted by molar-refractivity contribution is 0.521. The molecule has 0 amide bonds. The lowest BCUT2D eigenvalue weighted by Crippen LogP contribution is -2.31. The SMILES string of the molecule is NCc1cccc(CN2C=Nc3ccccc3S2(=O)=O)c1. The van der Waals surface area contributed by atoms with E-state index in [9.17, 15) is 8.42 Å². The number of nitrogens with zero attached hydrogens (tertiary/aromatic N) is 2. The normalized spacial score (nSPS) is 15.8. The molecule has 0 aliphatic carbocycles. The predicted molar refractivity (Wildman–Crippen MR) is 81.7 cm³/mol. The van der Waals surface area contributed by atoms with Crippen molar-refractivity contribution in [2.75, 3.05) is 0 Å². The molecule has 1 aliphatic heterocycles. The first kappa shape index (κ1) is 13.8. The molecule has 3 rings (SSSR count). The van der Waals surface area contributed by atoms with Crippen molar-refractivity contribution in [2.24, 2.45) is 10.7 Å². The van der Waals surface area contributed by atoms with E-state index in [1.165, 1.54) is 10.6 Å². The van der Waals surface area contributed by atoms with Crippen LogP contribution in [0.3, 0.4) is 0 Å². The van der Waals surface area contributed by atoms with Crippen LogP contribution in [-0.2, 0) is 23.1 Å². The second kappa shape index (κ2) is 5.31. The lowest BCUT2D eigenvalue weighted by Gasteiger charge is -2.24. The fourth-order valence-corrected chi connectivity index (χ4v) is 3.64. The minimum absolute atomic E-state index is 0.238. The number of rotatable bonds is 3. The average molecular weight is 301 g/mol. The summed E-state index contributed by atoms with van der Waals surface area (Å²) in [4.78, 5) is 4.44. The standard InChI is InChI=1S/C15H15N3O2S/c16-9-12-4-3-5-13(8-12)10-18-11-17-14-6-1-2-7-15(14)21(18,19)20/h1-8,11H,9-10,16H2. The monoisotopic (exact) mass is 301 g/mol. The summed E-state index contributed by atoms with van der Waals surface area (Å²) in [7, 11) is -3.55. The number of nitrogens with two attached hydrogens (primary N) is 1. The topological polar surface area (TPSA) is 75.8 Å². The number of benzene rings is 2. The smallest absolute Gasteiger partial charge is 0.267 e. The second-order valence-electron chi connectivity index (χ2n) is 4.79. The Hall–Kier alpha value is -2.18. The third-order valence-electron chi connectivity index (χ3n) is 3.34. The molecule has 2 aromatic carbocycles. The van der Waals surface area contributed by atoms with Gasteiger partial charge < -0.3 is 5.73 Å². The van der Waals surface area contributed by atoms with Crippen molar-refractivity contribution < 1.29 is 8.42 Å². The van der Waals surface area contributed by atoms with Crippen molar-refractivity contribution in [3.8, 4) is 0 Å². The fraction of sp³-hybridized carbons (Fsp3) is 0.133. The number of fused-ring (bicyclic) bond motifs is 1. The highest BCUT2D eigenvalue weighted by Crippen LogP contribution is 2.30. The molecule has 0 unspecified atom stereocenters. The third-order valence-corrected chi connectivity index (χ3v) is 5.08. The summed E-state index contributed by atoms with van der Waals surface area (Å²) in [6.07, 6.45) is 1.37. The summed E-state index contributed by atoms with van der Waals surface area (Å²) in [6, 6.07) is 14.3. The Morgan fingerprint density at radius 3 is 2.62 bits per heavy atom. The van der Waals surface area contributed by atoms with Crippen LogP contribution in [0.15, 0.2) is 58.4 Å². The molecule has 108 valence electrons. The van der Waals surface area contributed by atoms with E-state index in [1.54, 1.807) is 24.3 Å². The van der Waals surface area contributed by atoms with E-state index in [4.69, 9.17) is 5.73 Å². The van der Waals surface area contributed by atoms with Gasteiger partial charge in [-0.15, -0.1) is 0 Å². The fourth-order valence-electron chi connectivity index (χ4n) is 2.26. The molecule has 5 nitrogen and oxygen atoms in total. The van der Waals surface area contributed by atoms with E-state index in [1.807, 2.05) is 24.3 Å². The molecule has 0 saturated carbocycles. The first-order chi connectivity index (χ1) is 10.1. The van der Waals surface area contributed by atoms with Crippen molar-refractivity contribution in [3.63, 3.8) is 0 Å². The van der Waals surface area contributed by atoms with Crippen LogP contribution in [0.2, 0.25) is 0 Å². The highest BCUT2D eigenvalue weighted by molar-refractivity contribution is 7.89. The third kappa shape index (κ3) is 2.55. The van der Waals surface area contributed by atoms with Gasteiger partial charge in [-0.3, -0.25) is 4.31 Å². The molecule has 21 heavy (non-hydrogen) atoms. The van der Waals surface area contributed by atoms with Crippen molar-refractivity contribution in [1.29, 1.82) is 0 Å². The summed E-state index contributed by atoms with van der Waals surface area (Å²) in [5.74, 6) is 0. The first-order valence-corrected chi connectivity index (χ1v) is 7.98. The van der Waals surface area contributed by atoms with Crippen molar-refractivity contribution in [3.05, 3.63) is 59.7 Å². The zero-order valence-electron chi connectivity index (χ0n) is 11.3. The summed E-state index contributed by atoms with van der Waals surface area (Å²) in [6.45, 7) is 0.672. The van der Waals surface area contributed by atoms with Gasteiger partial charge in [0.1, 0.15) is 11.2 Å². The minimum Gasteiger partial charge on any atom is -0.326 e. The number of sulfonamides is 1. The van der Waals surface area contributed by atoms with Gasteiger partial charge in [0.2, 0.25) is 0 Å². The number of aliphatic imine (C=N–C) groups is 1. The van der Waals surface area contributed by atoms with E-state index in [0.29, 0.717) is 12.2 Å². The molecule has 2 aromatic rings. The van der Waals surface area contributed by atoms with E-state index >= 15 is 0 Å². The van der Waals surface area contributed by atoms with Crippen LogP contribution in [0.5, 0.6) is 0 Å². The first-order valence-electron chi connectivity index (χ1n) is 6.54. The molecule has 0 radical (unpaired) electrons. The van der Waals surface area contributed by atoms with Gasteiger partial charge in [-0.1, -0.05) is 36.4 Å². The van der Waals surface area contributed by atoms with E-state index in [0.717, 1.165) is 11.1 Å². The van der Waals surface area contributed by atoms with Crippen LogP contribution >= 0.6 is 0 Å². The molecule has 0 saturated heterocycles. The molecule has 1 aliphatic rings. The number of para-hydroxylation sites is 1. The largest absolute Gasteiger partial charge is 0.326 e. The Balaban J connectivity index is 1.94. The summed E-state index contributed by atoms with van der Waals surface area (Å²) in [5, 5.41) is 0. The van der Waals surface area contributed by atoms with Crippen LogP contribution in [0.4, 0.5) is 5.69 Å². The van der Waals surface area contributed by atoms with Crippen molar-refractivity contribution in [2.45, 2.75) is 18.0 Å². The number of hydrogen-bond acceptors (Lipinski definition) is 4. The minimum atomic E-state index is -3.55. The maximum Gasteiger partial charge on any atom is 0.267 e. The molecule has 2 N–H and O–H groups in total. The number of hydrogen-bond donors (Lipinski definition) is 1. The van der Waals surface area contributed by atoms with Crippen LogP contribution in [0.25, 0.3) is 0 Å². The van der Waals surface area contributed by atoms with Gasteiger partial charge in [0.15, 0.2) is 0 Å². The maximum absolute atomic E-state index is 12.6. The van der Waals surface area contributed by atoms with Crippen LogP contribution in [-0.4, -0.2) is 19.1 Å². The zero-order valence-corrected chi connectivity index (χ0v) is 12.1. The molecular formula is C15H15N3O2S. The zero-order chi connectivity index (χ0) is 14.9. The quantitative estimate of drug-likeness (QED) is 0.942. The molecule has 0 spiro atoms. The van der Waals surface area contributed by atoms with E-state index < -0.39 is 10.0 Å². The van der Waals surface area contributed by atoms with Gasteiger partial charge in [-0.2, -0.15) is 0 Å². The Bertz CT molecular complexity index is 800. The van der Waals surface area contributed by atoms with Crippen molar-refractivity contribution >= 4 is 22.0 Å². The average Bonchev–Trinajstić information content (AvgIpc) is 2.51. The van der Waals surface area contributed by atoms with Crippen LogP contribution < -0.4 is 5.73 Å². The highest BCUT2D eigenvalue weighted by Gasteiger charge is 2.28. The molecule has 0 aromatic heterocycles.